The molecule has 0 atom stereocenters. The summed E-state index contributed by atoms with van der Waals surface area (Å²) in [5.41, 5.74) is 5.48. The van der Waals surface area contributed by atoms with Crippen molar-refractivity contribution in [1.82, 2.24) is 10.3 Å². The SMILES string of the molecule is CC(C)(CN)NC(=O)c1cnc(-c2ccccc2F)s1.Cl.Cl. The van der Waals surface area contributed by atoms with Crippen molar-refractivity contribution in [1.29, 1.82) is 0 Å². The average molecular weight is 366 g/mol. The van der Waals surface area contributed by atoms with Gasteiger partial charge in [0.1, 0.15) is 15.7 Å². The van der Waals surface area contributed by atoms with E-state index in [2.05, 4.69) is 10.3 Å². The van der Waals surface area contributed by atoms with Crippen LogP contribution in [0.5, 0.6) is 0 Å². The average Bonchev–Trinajstić information content (AvgIpc) is 2.88. The molecule has 1 aromatic carbocycles. The molecule has 0 saturated heterocycles. The summed E-state index contributed by atoms with van der Waals surface area (Å²) in [6, 6.07) is 6.36. The zero-order valence-corrected chi connectivity index (χ0v) is 14.6. The summed E-state index contributed by atoms with van der Waals surface area (Å²) in [7, 11) is 0. The number of nitrogens with zero attached hydrogens (tertiary/aromatic N) is 1. The molecule has 0 saturated carbocycles. The third kappa shape index (κ3) is 4.91. The Morgan fingerprint density at radius 1 is 1.36 bits per heavy atom. The van der Waals surface area contributed by atoms with Crippen LogP contribution in [0.2, 0.25) is 0 Å². The zero-order valence-electron chi connectivity index (χ0n) is 12.1. The maximum Gasteiger partial charge on any atom is 0.263 e. The van der Waals surface area contributed by atoms with Crippen molar-refractivity contribution >= 4 is 42.1 Å². The fourth-order valence-corrected chi connectivity index (χ4v) is 2.40. The number of benzene rings is 1. The fraction of sp³-hybridized carbons (Fsp3) is 0.286. The van der Waals surface area contributed by atoms with Gasteiger partial charge in [0.05, 0.1) is 6.20 Å². The van der Waals surface area contributed by atoms with Gasteiger partial charge in [-0.15, -0.1) is 36.2 Å². The van der Waals surface area contributed by atoms with Crippen LogP contribution in [0.4, 0.5) is 4.39 Å². The summed E-state index contributed by atoms with van der Waals surface area (Å²) in [6.45, 7) is 4.01. The van der Waals surface area contributed by atoms with Gasteiger partial charge in [-0.2, -0.15) is 0 Å². The minimum Gasteiger partial charge on any atom is -0.345 e. The van der Waals surface area contributed by atoms with Crippen molar-refractivity contribution in [2.45, 2.75) is 19.4 Å². The van der Waals surface area contributed by atoms with Crippen molar-refractivity contribution in [3.63, 3.8) is 0 Å². The van der Waals surface area contributed by atoms with Gasteiger partial charge in [0, 0.05) is 17.6 Å². The maximum absolute atomic E-state index is 13.7. The van der Waals surface area contributed by atoms with E-state index in [9.17, 15) is 9.18 Å². The molecule has 122 valence electrons. The van der Waals surface area contributed by atoms with Crippen LogP contribution in [0, 0.1) is 5.82 Å². The minimum absolute atomic E-state index is 0. The molecule has 4 nitrogen and oxygen atoms in total. The number of aromatic nitrogens is 1. The summed E-state index contributed by atoms with van der Waals surface area (Å²) < 4.78 is 13.7. The van der Waals surface area contributed by atoms with Crippen molar-refractivity contribution in [2.24, 2.45) is 5.73 Å². The van der Waals surface area contributed by atoms with E-state index in [1.807, 2.05) is 13.8 Å². The Kier molecular flexibility index (Phi) is 7.97. The van der Waals surface area contributed by atoms with Crippen LogP contribution in [-0.4, -0.2) is 23.0 Å². The van der Waals surface area contributed by atoms with Gasteiger partial charge >= 0.3 is 0 Å². The number of amides is 1. The van der Waals surface area contributed by atoms with Crippen molar-refractivity contribution in [3.8, 4) is 10.6 Å². The predicted molar refractivity (Wildman–Crippen MR) is 92.6 cm³/mol. The number of nitrogens with two attached hydrogens (primary N) is 1. The Hall–Kier alpha value is -1.21. The quantitative estimate of drug-likeness (QED) is 0.873. The number of carbonyl (C=O) groups is 1. The Morgan fingerprint density at radius 3 is 2.59 bits per heavy atom. The van der Waals surface area contributed by atoms with E-state index < -0.39 is 5.54 Å². The largest absolute Gasteiger partial charge is 0.345 e. The first kappa shape index (κ1) is 20.8. The number of nitrogens with one attached hydrogen (secondary N) is 1. The van der Waals surface area contributed by atoms with Crippen molar-refractivity contribution in [2.75, 3.05) is 6.54 Å². The Morgan fingerprint density at radius 2 is 2.00 bits per heavy atom. The molecular weight excluding hydrogens is 348 g/mol. The number of hydrogen-bond acceptors (Lipinski definition) is 4. The lowest BCUT2D eigenvalue weighted by Gasteiger charge is -2.23. The molecule has 1 aromatic heterocycles. The van der Waals surface area contributed by atoms with Gasteiger partial charge < -0.3 is 11.1 Å². The van der Waals surface area contributed by atoms with Crippen LogP contribution in [0.15, 0.2) is 30.5 Å². The molecule has 0 spiro atoms. The van der Waals surface area contributed by atoms with Gasteiger partial charge in [-0.1, -0.05) is 12.1 Å². The van der Waals surface area contributed by atoms with Gasteiger partial charge in [-0.25, -0.2) is 9.37 Å². The molecule has 1 amide bonds. The zero-order chi connectivity index (χ0) is 14.8. The first-order valence-electron chi connectivity index (χ1n) is 6.16. The van der Waals surface area contributed by atoms with Gasteiger partial charge in [0.2, 0.25) is 0 Å². The van der Waals surface area contributed by atoms with Crippen LogP contribution in [0.25, 0.3) is 10.6 Å². The highest BCUT2D eigenvalue weighted by Gasteiger charge is 2.21. The van der Waals surface area contributed by atoms with E-state index in [1.54, 1.807) is 18.2 Å². The summed E-state index contributed by atoms with van der Waals surface area (Å²) in [4.78, 5) is 16.6. The Balaban J connectivity index is 0.00000220. The normalized spacial score (nSPS) is 10.4. The molecule has 0 aliphatic carbocycles. The second-order valence-corrected chi connectivity index (χ2v) is 6.08. The molecule has 0 fully saturated rings. The highest BCUT2D eigenvalue weighted by atomic mass is 35.5. The Bertz CT molecular complexity index is 634. The number of halogens is 3. The van der Waals surface area contributed by atoms with Gasteiger partial charge in [0.25, 0.3) is 5.91 Å². The smallest absolute Gasteiger partial charge is 0.263 e. The first-order valence-corrected chi connectivity index (χ1v) is 6.98. The van der Waals surface area contributed by atoms with Crippen molar-refractivity contribution < 1.29 is 9.18 Å². The minimum atomic E-state index is -0.487. The number of rotatable bonds is 4. The molecule has 2 aromatic rings. The molecule has 0 unspecified atom stereocenters. The topological polar surface area (TPSA) is 68.0 Å². The molecular formula is C14H18Cl2FN3OS. The molecule has 1 heterocycles. The lowest BCUT2D eigenvalue weighted by molar-refractivity contribution is 0.0919. The van der Waals surface area contributed by atoms with E-state index >= 15 is 0 Å². The highest BCUT2D eigenvalue weighted by molar-refractivity contribution is 7.16. The van der Waals surface area contributed by atoms with E-state index in [0.29, 0.717) is 22.0 Å². The highest BCUT2D eigenvalue weighted by Crippen LogP contribution is 2.27. The van der Waals surface area contributed by atoms with E-state index in [-0.39, 0.29) is 36.5 Å². The first-order chi connectivity index (χ1) is 9.43. The van der Waals surface area contributed by atoms with Crippen LogP contribution < -0.4 is 11.1 Å². The van der Waals surface area contributed by atoms with Crippen LogP contribution in [-0.2, 0) is 0 Å². The van der Waals surface area contributed by atoms with Gasteiger partial charge in [-0.05, 0) is 26.0 Å². The summed E-state index contributed by atoms with van der Waals surface area (Å²) >= 11 is 1.16. The third-order valence-corrected chi connectivity index (χ3v) is 3.83. The van der Waals surface area contributed by atoms with E-state index in [1.165, 1.54) is 12.3 Å². The molecule has 3 N–H and O–H groups in total. The number of carbonyl (C=O) groups excluding carboxylic acids is 1. The second kappa shape index (κ2) is 8.43. The Labute approximate surface area is 145 Å². The molecule has 0 aliphatic heterocycles. The molecule has 22 heavy (non-hydrogen) atoms. The van der Waals surface area contributed by atoms with Crippen LogP contribution in [0.1, 0.15) is 23.5 Å². The van der Waals surface area contributed by atoms with Crippen molar-refractivity contribution in [3.05, 3.63) is 41.2 Å². The van der Waals surface area contributed by atoms with Crippen LogP contribution >= 0.6 is 36.2 Å². The summed E-state index contributed by atoms with van der Waals surface area (Å²) in [5, 5.41) is 3.30. The molecule has 0 aliphatic rings. The number of thiazole rings is 1. The fourth-order valence-electron chi connectivity index (χ4n) is 1.56. The predicted octanol–water partition coefficient (Wildman–Crippen LogP) is 3.26. The molecule has 0 radical (unpaired) electrons. The summed E-state index contributed by atoms with van der Waals surface area (Å²) in [6.07, 6.45) is 1.45. The van der Waals surface area contributed by atoms with Gasteiger partial charge in [-0.3, -0.25) is 4.79 Å². The van der Waals surface area contributed by atoms with E-state index in [4.69, 9.17) is 5.73 Å². The monoisotopic (exact) mass is 365 g/mol. The second-order valence-electron chi connectivity index (χ2n) is 5.05. The lowest BCUT2D eigenvalue weighted by Crippen LogP contribution is -2.48. The lowest BCUT2D eigenvalue weighted by atomic mass is 10.1. The molecule has 0 bridgehead atoms. The molecule has 8 heteroatoms. The molecule has 2 rings (SSSR count). The number of hydrogen-bond donors (Lipinski definition) is 2. The summed E-state index contributed by atoms with van der Waals surface area (Å²) in [5.74, 6) is -0.600. The van der Waals surface area contributed by atoms with Gasteiger partial charge in [0.15, 0.2) is 0 Å². The van der Waals surface area contributed by atoms with E-state index in [0.717, 1.165) is 11.3 Å². The van der Waals surface area contributed by atoms with Crippen LogP contribution in [0.3, 0.4) is 0 Å². The maximum atomic E-state index is 13.7. The third-order valence-electron chi connectivity index (χ3n) is 2.80. The standard InChI is InChI=1S/C14H16FN3OS.2ClH/c1-14(2,8-16)18-12(19)11-7-17-13(20-11)9-5-3-4-6-10(9)15;;/h3-7H,8,16H2,1-2H3,(H,18,19);2*1H.